The Labute approximate surface area is 124 Å². The molecule has 110 valence electrons. The van der Waals surface area contributed by atoms with Gasteiger partial charge in [-0.15, -0.1) is 0 Å². The molecule has 0 aliphatic rings. The molecule has 0 aliphatic carbocycles. The first-order chi connectivity index (χ1) is 9.95. The molecule has 21 heavy (non-hydrogen) atoms. The Kier molecular flexibility index (Phi) is 4.58. The van der Waals surface area contributed by atoms with Gasteiger partial charge in [-0.2, -0.15) is 0 Å². The van der Waals surface area contributed by atoms with Crippen molar-refractivity contribution in [1.82, 2.24) is 4.98 Å². The Morgan fingerprint density at radius 3 is 2.62 bits per heavy atom. The number of carboxylic acid groups (broad SMARTS) is 1. The molecule has 2 rings (SSSR count). The van der Waals surface area contributed by atoms with E-state index in [1.165, 1.54) is 17.8 Å². The molecule has 0 unspecified atom stereocenters. The van der Waals surface area contributed by atoms with Crippen LogP contribution in [0.5, 0.6) is 5.75 Å². The normalized spacial score (nSPS) is 10.7. The number of aryl methyl sites for hydroxylation is 1. The van der Waals surface area contributed by atoms with Gasteiger partial charge in [-0.1, -0.05) is 19.9 Å². The van der Waals surface area contributed by atoms with Crippen LogP contribution >= 0.6 is 0 Å². The zero-order chi connectivity index (χ0) is 15.4. The molecule has 0 spiro atoms. The summed E-state index contributed by atoms with van der Waals surface area (Å²) >= 11 is 0. The van der Waals surface area contributed by atoms with E-state index in [0.717, 1.165) is 11.3 Å². The summed E-state index contributed by atoms with van der Waals surface area (Å²) in [6.07, 6.45) is 1.34. The van der Waals surface area contributed by atoms with E-state index in [0.29, 0.717) is 18.2 Å². The fourth-order valence-electron chi connectivity index (χ4n) is 1.99. The largest absolute Gasteiger partial charge is 0.487 e. The van der Waals surface area contributed by atoms with Crippen LogP contribution in [0.15, 0.2) is 36.5 Å². The van der Waals surface area contributed by atoms with Crippen molar-refractivity contribution in [2.24, 2.45) is 0 Å². The maximum Gasteiger partial charge on any atom is 0.337 e. The molecule has 2 aromatic rings. The lowest BCUT2D eigenvalue weighted by Crippen LogP contribution is -2.02. The lowest BCUT2D eigenvalue weighted by Gasteiger charge is -2.11. The minimum Gasteiger partial charge on any atom is -0.487 e. The smallest absolute Gasteiger partial charge is 0.337 e. The summed E-state index contributed by atoms with van der Waals surface area (Å²) in [5, 5.41) is 8.83. The van der Waals surface area contributed by atoms with Crippen LogP contribution in [0.1, 0.15) is 46.9 Å². The average Bonchev–Trinajstić information content (AvgIpc) is 2.45. The van der Waals surface area contributed by atoms with Crippen LogP contribution in [0.4, 0.5) is 0 Å². The Balaban J connectivity index is 2.07. The molecule has 4 nitrogen and oxygen atoms in total. The van der Waals surface area contributed by atoms with Crippen molar-refractivity contribution in [1.29, 1.82) is 0 Å². The number of carboxylic acids is 1. The zero-order valence-electron chi connectivity index (χ0n) is 12.5. The number of ether oxygens (including phenoxy) is 1. The molecule has 0 saturated heterocycles. The minimum atomic E-state index is -0.977. The summed E-state index contributed by atoms with van der Waals surface area (Å²) in [5.41, 5.74) is 3.27. The fourth-order valence-corrected chi connectivity index (χ4v) is 1.99. The van der Waals surface area contributed by atoms with Gasteiger partial charge in [-0.3, -0.25) is 4.98 Å². The monoisotopic (exact) mass is 285 g/mol. The molecule has 0 radical (unpaired) electrons. The first-order valence-corrected chi connectivity index (χ1v) is 6.88. The SMILES string of the molecule is Cc1cc(OCc2ccc(C(=O)O)cn2)cc(C(C)C)c1. The minimum absolute atomic E-state index is 0.177. The van der Waals surface area contributed by atoms with Gasteiger partial charge in [0, 0.05) is 6.20 Å². The van der Waals surface area contributed by atoms with Gasteiger partial charge in [-0.25, -0.2) is 4.79 Å². The third-order valence-corrected chi connectivity index (χ3v) is 3.20. The van der Waals surface area contributed by atoms with E-state index in [1.54, 1.807) is 6.07 Å². The Bertz CT molecular complexity index is 633. The highest BCUT2D eigenvalue weighted by Crippen LogP contribution is 2.23. The van der Waals surface area contributed by atoms with Crippen LogP contribution in [-0.4, -0.2) is 16.1 Å². The van der Waals surface area contributed by atoms with Gasteiger partial charge in [0.15, 0.2) is 0 Å². The van der Waals surface area contributed by atoms with E-state index in [1.807, 2.05) is 19.1 Å². The first kappa shape index (κ1) is 15.0. The highest BCUT2D eigenvalue weighted by molar-refractivity contribution is 5.87. The van der Waals surface area contributed by atoms with Crippen LogP contribution < -0.4 is 4.74 Å². The van der Waals surface area contributed by atoms with Crippen molar-refractivity contribution in [3.63, 3.8) is 0 Å². The molecule has 1 heterocycles. The predicted octanol–water partition coefficient (Wildman–Crippen LogP) is 3.79. The van der Waals surface area contributed by atoms with Crippen molar-refractivity contribution in [2.45, 2.75) is 33.3 Å². The summed E-state index contributed by atoms with van der Waals surface area (Å²) in [4.78, 5) is 14.8. The number of aromatic nitrogens is 1. The van der Waals surface area contributed by atoms with Crippen molar-refractivity contribution < 1.29 is 14.6 Å². The van der Waals surface area contributed by atoms with Gasteiger partial charge in [0.1, 0.15) is 12.4 Å². The van der Waals surface area contributed by atoms with E-state index in [4.69, 9.17) is 9.84 Å². The summed E-state index contributed by atoms with van der Waals surface area (Å²) in [7, 11) is 0. The number of pyridine rings is 1. The molecule has 4 heteroatoms. The number of carbonyl (C=O) groups is 1. The zero-order valence-corrected chi connectivity index (χ0v) is 12.5. The second-order valence-corrected chi connectivity index (χ2v) is 5.37. The molecular formula is C17H19NO3. The first-order valence-electron chi connectivity index (χ1n) is 6.88. The molecule has 0 bridgehead atoms. The van der Waals surface area contributed by atoms with Crippen molar-refractivity contribution in [2.75, 3.05) is 0 Å². The lowest BCUT2D eigenvalue weighted by molar-refractivity contribution is 0.0696. The summed E-state index contributed by atoms with van der Waals surface area (Å²) in [5.74, 6) is 0.276. The van der Waals surface area contributed by atoms with Crippen LogP contribution in [0, 0.1) is 6.92 Å². The Morgan fingerprint density at radius 2 is 2.05 bits per heavy atom. The third kappa shape index (κ3) is 4.05. The molecule has 1 N–H and O–H groups in total. The van der Waals surface area contributed by atoms with Crippen LogP contribution in [-0.2, 0) is 6.61 Å². The van der Waals surface area contributed by atoms with Gasteiger partial charge in [-0.05, 0) is 48.2 Å². The number of benzene rings is 1. The number of hydrogen-bond acceptors (Lipinski definition) is 3. The maximum atomic E-state index is 10.8. The standard InChI is InChI=1S/C17H19NO3/c1-11(2)14-6-12(3)7-16(8-14)21-10-15-5-4-13(9-18-15)17(19)20/h4-9,11H,10H2,1-3H3,(H,19,20). The molecular weight excluding hydrogens is 266 g/mol. The van der Waals surface area contributed by atoms with Crippen molar-refractivity contribution >= 4 is 5.97 Å². The molecule has 1 aromatic heterocycles. The summed E-state index contributed by atoms with van der Waals surface area (Å²) < 4.78 is 5.75. The van der Waals surface area contributed by atoms with Gasteiger partial charge in [0.05, 0.1) is 11.3 Å². The molecule has 0 saturated carbocycles. The number of nitrogens with zero attached hydrogens (tertiary/aromatic N) is 1. The predicted molar refractivity (Wildman–Crippen MR) is 80.8 cm³/mol. The van der Waals surface area contributed by atoms with Crippen LogP contribution in [0.3, 0.4) is 0 Å². The second kappa shape index (κ2) is 6.39. The lowest BCUT2D eigenvalue weighted by atomic mass is 10.0. The second-order valence-electron chi connectivity index (χ2n) is 5.37. The van der Waals surface area contributed by atoms with Crippen LogP contribution in [0.25, 0.3) is 0 Å². The van der Waals surface area contributed by atoms with Gasteiger partial charge in [0.2, 0.25) is 0 Å². The molecule has 0 atom stereocenters. The molecule has 0 fully saturated rings. The quantitative estimate of drug-likeness (QED) is 0.908. The number of hydrogen-bond donors (Lipinski definition) is 1. The highest BCUT2D eigenvalue weighted by atomic mass is 16.5. The van der Waals surface area contributed by atoms with Crippen molar-refractivity contribution in [3.8, 4) is 5.75 Å². The van der Waals surface area contributed by atoms with Crippen molar-refractivity contribution in [3.05, 3.63) is 58.9 Å². The highest BCUT2D eigenvalue weighted by Gasteiger charge is 2.06. The van der Waals surface area contributed by atoms with Crippen LogP contribution in [0.2, 0.25) is 0 Å². The van der Waals surface area contributed by atoms with E-state index in [9.17, 15) is 4.79 Å². The number of aromatic carboxylic acids is 1. The van der Waals surface area contributed by atoms with E-state index in [2.05, 4.69) is 24.9 Å². The van der Waals surface area contributed by atoms with Gasteiger partial charge in [0.25, 0.3) is 0 Å². The Morgan fingerprint density at radius 1 is 1.29 bits per heavy atom. The van der Waals surface area contributed by atoms with E-state index < -0.39 is 5.97 Å². The topological polar surface area (TPSA) is 59.4 Å². The summed E-state index contributed by atoms with van der Waals surface area (Å²) in [6, 6.07) is 9.37. The Hall–Kier alpha value is -2.36. The maximum absolute atomic E-state index is 10.8. The fraction of sp³-hybridized carbons (Fsp3) is 0.294. The van der Waals surface area contributed by atoms with E-state index >= 15 is 0 Å². The summed E-state index contributed by atoms with van der Waals surface area (Å²) in [6.45, 7) is 6.65. The van der Waals surface area contributed by atoms with Gasteiger partial charge < -0.3 is 9.84 Å². The molecule has 0 amide bonds. The molecule has 1 aromatic carbocycles. The number of rotatable bonds is 5. The third-order valence-electron chi connectivity index (χ3n) is 3.20. The average molecular weight is 285 g/mol. The van der Waals surface area contributed by atoms with Gasteiger partial charge >= 0.3 is 5.97 Å². The molecule has 0 aliphatic heterocycles. The van der Waals surface area contributed by atoms with E-state index in [-0.39, 0.29) is 5.56 Å².